The van der Waals surface area contributed by atoms with E-state index in [4.69, 9.17) is 9.84 Å². The zero-order chi connectivity index (χ0) is 19.5. The van der Waals surface area contributed by atoms with Crippen LogP contribution in [0.1, 0.15) is 31.2 Å². The fraction of sp³-hybridized carbons (Fsp3) is 0.261. The molecule has 0 spiro atoms. The molecule has 144 valence electrons. The summed E-state index contributed by atoms with van der Waals surface area (Å²) in [6, 6.07) is 18.4. The number of carboxylic acids is 1. The SMILES string of the molecule is COc1cccc(CN2CCc3cccc(CCc4ccc(C(=O)O)s4)c32)c1. The van der Waals surface area contributed by atoms with Gasteiger partial charge in [-0.25, -0.2) is 4.79 Å². The fourth-order valence-corrected chi connectivity index (χ4v) is 4.70. The zero-order valence-corrected chi connectivity index (χ0v) is 16.7. The summed E-state index contributed by atoms with van der Waals surface area (Å²) in [5, 5.41) is 9.12. The number of methoxy groups -OCH3 is 1. The van der Waals surface area contributed by atoms with E-state index >= 15 is 0 Å². The van der Waals surface area contributed by atoms with Crippen molar-refractivity contribution in [1.29, 1.82) is 0 Å². The predicted octanol–water partition coefficient (Wildman–Crippen LogP) is 4.80. The first-order valence-corrected chi connectivity index (χ1v) is 10.3. The molecule has 0 fully saturated rings. The summed E-state index contributed by atoms with van der Waals surface area (Å²) < 4.78 is 5.36. The Hall–Kier alpha value is -2.79. The number of rotatable bonds is 7. The Balaban J connectivity index is 1.52. The van der Waals surface area contributed by atoms with Crippen molar-refractivity contribution in [3.8, 4) is 5.75 Å². The molecule has 5 heteroatoms. The molecule has 1 aliphatic rings. The molecule has 0 saturated carbocycles. The van der Waals surface area contributed by atoms with Gasteiger partial charge in [0.2, 0.25) is 0 Å². The minimum absolute atomic E-state index is 0.410. The lowest BCUT2D eigenvalue weighted by Gasteiger charge is -2.23. The number of anilines is 1. The number of benzene rings is 2. The standard InChI is InChI=1S/C23H23NO3S/c1-27-19-7-2-4-16(14-19)15-24-13-12-18-6-3-5-17(22(18)24)8-9-20-10-11-21(28-20)23(25)26/h2-7,10-11,14H,8-9,12-13,15H2,1H3,(H,25,26). The van der Waals surface area contributed by atoms with Gasteiger partial charge in [-0.3, -0.25) is 0 Å². The summed E-state index contributed by atoms with van der Waals surface area (Å²) in [6.45, 7) is 1.88. The second-order valence-electron chi connectivity index (χ2n) is 7.02. The number of aryl methyl sites for hydroxylation is 2. The van der Waals surface area contributed by atoms with Crippen LogP contribution in [0, 0.1) is 0 Å². The van der Waals surface area contributed by atoms with Gasteiger partial charge in [0.25, 0.3) is 0 Å². The Morgan fingerprint density at radius 2 is 2.00 bits per heavy atom. The van der Waals surface area contributed by atoms with Crippen molar-refractivity contribution in [1.82, 2.24) is 0 Å². The van der Waals surface area contributed by atoms with Crippen LogP contribution in [0.4, 0.5) is 5.69 Å². The summed E-state index contributed by atoms with van der Waals surface area (Å²) in [5.41, 5.74) is 5.33. The Morgan fingerprint density at radius 1 is 1.14 bits per heavy atom. The van der Waals surface area contributed by atoms with Crippen LogP contribution in [-0.2, 0) is 25.8 Å². The average molecular weight is 394 g/mol. The number of aromatic carboxylic acids is 1. The Morgan fingerprint density at radius 3 is 2.79 bits per heavy atom. The average Bonchev–Trinajstić information content (AvgIpc) is 3.34. The maximum atomic E-state index is 11.1. The van der Waals surface area contributed by atoms with Gasteiger partial charge in [-0.15, -0.1) is 11.3 Å². The number of para-hydroxylation sites is 1. The van der Waals surface area contributed by atoms with E-state index in [-0.39, 0.29) is 0 Å². The summed E-state index contributed by atoms with van der Waals surface area (Å²) in [7, 11) is 1.70. The van der Waals surface area contributed by atoms with E-state index in [0.717, 1.165) is 43.0 Å². The highest BCUT2D eigenvalue weighted by atomic mass is 32.1. The fourth-order valence-electron chi connectivity index (χ4n) is 3.86. The number of ether oxygens (including phenoxy) is 1. The molecule has 2 heterocycles. The third-order valence-electron chi connectivity index (χ3n) is 5.19. The van der Waals surface area contributed by atoms with Crippen molar-refractivity contribution >= 4 is 23.0 Å². The maximum absolute atomic E-state index is 11.1. The van der Waals surface area contributed by atoms with E-state index in [1.165, 1.54) is 33.7 Å². The van der Waals surface area contributed by atoms with Crippen LogP contribution < -0.4 is 9.64 Å². The molecule has 2 aromatic carbocycles. The highest BCUT2D eigenvalue weighted by molar-refractivity contribution is 7.13. The van der Waals surface area contributed by atoms with Gasteiger partial charge in [0.05, 0.1) is 7.11 Å². The highest BCUT2D eigenvalue weighted by Gasteiger charge is 2.22. The van der Waals surface area contributed by atoms with Gasteiger partial charge in [-0.05, 0) is 60.2 Å². The first-order chi connectivity index (χ1) is 13.6. The van der Waals surface area contributed by atoms with Crippen molar-refractivity contribution in [3.63, 3.8) is 0 Å². The van der Waals surface area contributed by atoms with E-state index in [9.17, 15) is 4.79 Å². The van der Waals surface area contributed by atoms with Crippen molar-refractivity contribution in [2.45, 2.75) is 25.8 Å². The molecule has 1 aromatic heterocycles. The molecule has 28 heavy (non-hydrogen) atoms. The molecule has 1 N–H and O–H groups in total. The second-order valence-corrected chi connectivity index (χ2v) is 8.19. The molecule has 4 rings (SSSR count). The smallest absolute Gasteiger partial charge is 0.345 e. The topological polar surface area (TPSA) is 49.8 Å². The molecule has 1 aliphatic heterocycles. The number of hydrogen-bond donors (Lipinski definition) is 1. The first-order valence-electron chi connectivity index (χ1n) is 9.44. The summed E-state index contributed by atoms with van der Waals surface area (Å²) in [4.78, 5) is 15.1. The lowest BCUT2D eigenvalue weighted by Crippen LogP contribution is -2.21. The second kappa shape index (κ2) is 8.07. The van der Waals surface area contributed by atoms with Gasteiger partial charge in [0.1, 0.15) is 10.6 Å². The molecule has 4 nitrogen and oxygen atoms in total. The largest absolute Gasteiger partial charge is 0.497 e. The number of carbonyl (C=O) groups is 1. The van der Waals surface area contributed by atoms with Crippen LogP contribution in [0.25, 0.3) is 0 Å². The van der Waals surface area contributed by atoms with E-state index in [0.29, 0.717) is 4.88 Å². The summed E-state index contributed by atoms with van der Waals surface area (Å²) in [5.74, 6) is 0.0402. The first kappa shape index (κ1) is 18.6. The third kappa shape index (κ3) is 3.90. The van der Waals surface area contributed by atoms with Crippen molar-refractivity contribution in [2.24, 2.45) is 0 Å². The number of carboxylic acid groups (broad SMARTS) is 1. The van der Waals surface area contributed by atoms with E-state index in [1.54, 1.807) is 13.2 Å². The van der Waals surface area contributed by atoms with Gasteiger partial charge in [-0.1, -0.05) is 30.3 Å². The van der Waals surface area contributed by atoms with E-state index in [1.807, 2.05) is 18.2 Å². The van der Waals surface area contributed by atoms with Gasteiger partial charge in [-0.2, -0.15) is 0 Å². The van der Waals surface area contributed by atoms with Crippen LogP contribution in [0.3, 0.4) is 0 Å². The molecule has 0 bridgehead atoms. The maximum Gasteiger partial charge on any atom is 0.345 e. The van der Waals surface area contributed by atoms with Gasteiger partial charge < -0.3 is 14.7 Å². The van der Waals surface area contributed by atoms with Crippen LogP contribution >= 0.6 is 11.3 Å². The Labute approximate surface area is 169 Å². The van der Waals surface area contributed by atoms with Gasteiger partial charge in [0.15, 0.2) is 0 Å². The number of fused-ring (bicyclic) bond motifs is 1. The van der Waals surface area contributed by atoms with E-state index in [2.05, 4.69) is 35.2 Å². The van der Waals surface area contributed by atoms with Gasteiger partial charge >= 0.3 is 5.97 Å². The minimum Gasteiger partial charge on any atom is -0.497 e. The van der Waals surface area contributed by atoms with E-state index < -0.39 is 5.97 Å². The summed E-state index contributed by atoms with van der Waals surface area (Å²) >= 11 is 1.37. The molecule has 0 atom stereocenters. The minimum atomic E-state index is -0.846. The zero-order valence-electron chi connectivity index (χ0n) is 15.9. The van der Waals surface area contributed by atoms with Crippen LogP contribution in [0.2, 0.25) is 0 Å². The van der Waals surface area contributed by atoms with Crippen LogP contribution in [0.5, 0.6) is 5.75 Å². The molecule has 0 radical (unpaired) electrons. The number of thiophene rings is 1. The molecular formula is C23H23NO3S. The molecule has 0 unspecified atom stereocenters. The van der Waals surface area contributed by atoms with Crippen molar-refractivity contribution in [2.75, 3.05) is 18.6 Å². The number of hydrogen-bond acceptors (Lipinski definition) is 4. The normalized spacial score (nSPS) is 12.8. The highest BCUT2D eigenvalue weighted by Crippen LogP contribution is 2.34. The van der Waals surface area contributed by atoms with Crippen molar-refractivity contribution in [3.05, 3.63) is 81.0 Å². The molecule has 0 aliphatic carbocycles. The summed E-state index contributed by atoms with van der Waals surface area (Å²) in [6.07, 6.45) is 2.84. The van der Waals surface area contributed by atoms with Gasteiger partial charge in [0, 0.05) is 23.7 Å². The molecule has 3 aromatic rings. The third-order valence-corrected chi connectivity index (χ3v) is 6.32. The number of nitrogens with zero attached hydrogens (tertiary/aromatic N) is 1. The van der Waals surface area contributed by atoms with Crippen molar-refractivity contribution < 1.29 is 14.6 Å². The molecular weight excluding hydrogens is 370 g/mol. The monoisotopic (exact) mass is 393 g/mol. The Kier molecular flexibility index (Phi) is 5.35. The van der Waals surface area contributed by atoms with Crippen LogP contribution in [0.15, 0.2) is 54.6 Å². The molecule has 0 amide bonds. The molecule has 0 saturated heterocycles. The quantitative estimate of drug-likeness (QED) is 0.626. The lowest BCUT2D eigenvalue weighted by molar-refractivity contribution is 0.0702. The Bertz CT molecular complexity index is 995. The predicted molar refractivity (Wildman–Crippen MR) is 113 cm³/mol. The van der Waals surface area contributed by atoms with Crippen LogP contribution in [-0.4, -0.2) is 24.7 Å². The lowest BCUT2D eigenvalue weighted by atomic mass is 10.0.